The fraction of sp³-hybridized carbons (Fsp3) is 0.667. The van der Waals surface area contributed by atoms with Gasteiger partial charge < -0.3 is 10.6 Å². The van der Waals surface area contributed by atoms with Crippen LogP contribution < -0.4 is 5.73 Å². The maximum Gasteiger partial charge on any atom is 0.0314 e. The lowest BCUT2D eigenvalue weighted by atomic mass is 9.68. The Morgan fingerprint density at radius 1 is 0.900 bits per heavy atom. The Hall–Kier alpha value is -1.02. The van der Waals surface area contributed by atoms with E-state index in [9.17, 15) is 0 Å². The van der Waals surface area contributed by atoms with Gasteiger partial charge in [0, 0.05) is 12.2 Å². The third-order valence-electron chi connectivity index (χ3n) is 5.53. The van der Waals surface area contributed by atoms with E-state index in [2.05, 4.69) is 17.0 Å². The van der Waals surface area contributed by atoms with Crippen LogP contribution in [0.25, 0.3) is 0 Å². The molecule has 2 fully saturated rings. The molecule has 2 nitrogen and oxygen atoms in total. The van der Waals surface area contributed by atoms with Gasteiger partial charge in [0.1, 0.15) is 0 Å². The summed E-state index contributed by atoms with van der Waals surface area (Å²) in [6, 6.07) is 8.37. The van der Waals surface area contributed by atoms with Crippen LogP contribution in [-0.2, 0) is 6.42 Å². The monoisotopic (exact) mass is 272 g/mol. The Morgan fingerprint density at radius 3 is 2.20 bits per heavy atom. The molecule has 110 valence electrons. The predicted molar refractivity (Wildman–Crippen MR) is 85.8 cm³/mol. The maximum atomic E-state index is 5.73. The van der Waals surface area contributed by atoms with Crippen LogP contribution in [0.15, 0.2) is 24.3 Å². The second-order valence-corrected chi connectivity index (χ2v) is 6.89. The second-order valence-electron chi connectivity index (χ2n) is 6.89. The van der Waals surface area contributed by atoms with Crippen LogP contribution in [0, 0.1) is 5.41 Å². The van der Waals surface area contributed by atoms with E-state index in [1.807, 2.05) is 12.1 Å². The summed E-state index contributed by atoms with van der Waals surface area (Å²) in [4.78, 5) is 2.66. The minimum absolute atomic E-state index is 0.732. The molecule has 1 heterocycles. The molecule has 1 aromatic rings. The lowest BCUT2D eigenvalue weighted by Crippen LogP contribution is -2.41. The third-order valence-corrected chi connectivity index (χ3v) is 5.53. The van der Waals surface area contributed by atoms with E-state index in [4.69, 9.17) is 5.73 Å². The minimum Gasteiger partial charge on any atom is -0.399 e. The van der Waals surface area contributed by atoms with Crippen molar-refractivity contribution in [2.45, 2.75) is 51.4 Å². The molecule has 1 aliphatic carbocycles. The summed E-state index contributed by atoms with van der Waals surface area (Å²) >= 11 is 0. The summed E-state index contributed by atoms with van der Waals surface area (Å²) in [5, 5.41) is 0. The highest BCUT2D eigenvalue weighted by molar-refractivity contribution is 5.39. The van der Waals surface area contributed by atoms with Crippen LogP contribution in [-0.4, -0.2) is 24.5 Å². The SMILES string of the molecule is Nc1ccc(CCN2CCC3(CCCCC3)CC2)cc1. The number of nitrogens with two attached hydrogens (primary N) is 1. The van der Waals surface area contributed by atoms with Crippen molar-refractivity contribution in [2.75, 3.05) is 25.4 Å². The number of benzene rings is 1. The third kappa shape index (κ3) is 3.35. The highest BCUT2D eigenvalue weighted by atomic mass is 15.1. The van der Waals surface area contributed by atoms with Gasteiger partial charge in [0.05, 0.1) is 0 Å². The molecule has 2 heteroatoms. The summed E-state index contributed by atoms with van der Waals surface area (Å²) < 4.78 is 0. The van der Waals surface area contributed by atoms with E-state index < -0.39 is 0 Å². The fourth-order valence-corrected chi connectivity index (χ4v) is 4.02. The molecule has 1 saturated carbocycles. The van der Waals surface area contributed by atoms with Gasteiger partial charge in [-0.05, 0) is 68.3 Å². The van der Waals surface area contributed by atoms with Gasteiger partial charge in [-0.1, -0.05) is 31.4 Å². The number of anilines is 1. The van der Waals surface area contributed by atoms with Crippen LogP contribution in [0.3, 0.4) is 0 Å². The molecule has 3 rings (SSSR count). The highest BCUT2D eigenvalue weighted by Gasteiger charge is 2.35. The average Bonchev–Trinajstić information content (AvgIpc) is 2.49. The summed E-state index contributed by atoms with van der Waals surface area (Å²) in [6.07, 6.45) is 11.5. The topological polar surface area (TPSA) is 29.3 Å². The molecule has 0 bridgehead atoms. The largest absolute Gasteiger partial charge is 0.399 e. The Bertz CT molecular complexity index is 408. The molecule has 20 heavy (non-hydrogen) atoms. The average molecular weight is 272 g/mol. The molecule has 0 atom stereocenters. The van der Waals surface area contributed by atoms with Gasteiger partial charge >= 0.3 is 0 Å². The van der Waals surface area contributed by atoms with Gasteiger partial charge in [0.25, 0.3) is 0 Å². The number of likely N-dealkylation sites (tertiary alicyclic amines) is 1. The Kier molecular flexibility index (Phi) is 4.30. The molecule has 0 radical (unpaired) electrons. The molecule has 2 aliphatic rings. The van der Waals surface area contributed by atoms with Gasteiger partial charge in [-0.15, -0.1) is 0 Å². The smallest absolute Gasteiger partial charge is 0.0314 e. The van der Waals surface area contributed by atoms with Crippen molar-refractivity contribution in [3.63, 3.8) is 0 Å². The summed E-state index contributed by atoms with van der Waals surface area (Å²) in [6.45, 7) is 3.84. The van der Waals surface area contributed by atoms with Gasteiger partial charge in [-0.3, -0.25) is 0 Å². The Labute approximate surface area is 123 Å². The molecule has 1 aliphatic heterocycles. The second kappa shape index (κ2) is 6.17. The van der Waals surface area contributed by atoms with Crippen LogP contribution in [0.4, 0.5) is 5.69 Å². The normalized spacial score (nSPS) is 23.0. The van der Waals surface area contributed by atoms with E-state index in [-0.39, 0.29) is 0 Å². The lowest BCUT2D eigenvalue weighted by Gasteiger charge is -2.44. The number of hydrogen-bond donors (Lipinski definition) is 1. The van der Waals surface area contributed by atoms with Crippen molar-refractivity contribution in [1.82, 2.24) is 4.90 Å². The van der Waals surface area contributed by atoms with Crippen molar-refractivity contribution in [2.24, 2.45) is 5.41 Å². The molecule has 1 spiro atoms. The Morgan fingerprint density at radius 2 is 1.55 bits per heavy atom. The lowest BCUT2D eigenvalue weighted by molar-refractivity contribution is 0.0684. The van der Waals surface area contributed by atoms with Crippen molar-refractivity contribution >= 4 is 5.69 Å². The number of piperidine rings is 1. The molecule has 0 aromatic heterocycles. The standard InChI is InChI=1S/C18H28N2/c19-17-6-4-16(5-7-17)8-13-20-14-11-18(12-15-20)9-2-1-3-10-18/h4-7H,1-3,8-15,19H2. The van der Waals surface area contributed by atoms with Crippen molar-refractivity contribution in [3.05, 3.63) is 29.8 Å². The highest BCUT2D eigenvalue weighted by Crippen LogP contribution is 2.44. The van der Waals surface area contributed by atoms with Crippen LogP contribution in [0.5, 0.6) is 0 Å². The summed E-state index contributed by atoms with van der Waals surface area (Å²) in [5.41, 5.74) is 8.75. The number of hydrogen-bond acceptors (Lipinski definition) is 2. The van der Waals surface area contributed by atoms with Crippen LogP contribution in [0.2, 0.25) is 0 Å². The van der Waals surface area contributed by atoms with Gasteiger partial charge in [0.15, 0.2) is 0 Å². The molecule has 0 amide bonds. The van der Waals surface area contributed by atoms with E-state index in [0.29, 0.717) is 0 Å². The van der Waals surface area contributed by atoms with Crippen molar-refractivity contribution in [1.29, 1.82) is 0 Å². The first-order chi connectivity index (χ1) is 9.76. The van der Waals surface area contributed by atoms with Crippen molar-refractivity contribution < 1.29 is 0 Å². The van der Waals surface area contributed by atoms with E-state index in [1.54, 1.807) is 0 Å². The van der Waals surface area contributed by atoms with Gasteiger partial charge in [-0.2, -0.15) is 0 Å². The number of rotatable bonds is 3. The number of nitrogen functional groups attached to an aromatic ring is 1. The zero-order valence-corrected chi connectivity index (χ0v) is 12.6. The van der Waals surface area contributed by atoms with Gasteiger partial charge in [-0.25, -0.2) is 0 Å². The van der Waals surface area contributed by atoms with Crippen LogP contribution >= 0.6 is 0 Å². The first kappa shape index (κ1) is 13.9. The van der Waals surface area contributed by atoms with E-state index >= 15 is 0 Å². The number of nitrogens with zero attached hydrogens (tertiary/aromatic N) is 1. The molecule has 1 aromatic carbocycles. The van der Waals surface area contributed by atoms with Gasteiger partial charge in [0.2, 0.25) is 0 Å². The summed E-state index contributed by atoms with van der Waals surface area (Å²) in [5.74, 6) is 0. The van der Waals surface area contributed by atoms with E-state index in [1.165, 1.54) is 70.1 Å². The minimum atomic E-state index is 0.732. The Balaban J connectivity index is 1.45. The quantitative estimate of drug-likeness (QED) is 0.847. The molecule has 2 N–H and O–H groups in total. The first-order valence-corrected chi connectivity index (χ1v) is 8.33. The zero-order valence-electron chi connectivity index (χ0n) is 12.6. The molecule has 1 saturated heterocycles. The molecular weight excluding hydrogens is 244 g/mol. The van der Waals surface area contributed by atoms with Crippen molar-refractivity contribution in [3.8, 4) is 0 Å². The van der Waals surface area contributed by atoms with Crippen LogP contribution in [0.1, 0.15) is 50.5 Å². The first-order valence-electron chi connectivity index (χ1n) is 8.33. The predicted octanol–water partition coefficient (Wildman–Crippen LogP) is 3.86. The maximum absolute atomic E-state index is 5.73. The summed E-state index contributed by atoms with van der Waals surface area (Å²) in [7, 11) is 0. The molecule has 0 unspecified atom stereocenters. The fourth-order valence-electron chi connectivity index (χ4n) is 4.02. The molecular formula is C18H28N2. The van der Waals surface area contributed by atoms with E-state index in [0.717, 1.165) is 17.5 Å². The zero-order chi connectivity index (χ0) is 13.8.